The monoisotopic (exact) mass is 329 g/mol. The molecule has 1 aliphatic heterocycles. The number of anilines is 1. The fourth-order valence-electron chi connectivity index (χ4n) is 2.05. The highest BCUT2D eigenvalue weighted by Gasteiger charge is 2.31. The van der Waals surface area contributed by atoms with E-state index in [9.17, 15) is 14.7 Å². The van der Waals surface area contributed by atoms with Crippen LogP contribution < -0.4 is 4.90 Å². The summed E-state index contributed by atoms with van der Waals surface area (Å²) in [7, 11) is 0. The van der Waals surface area contributed by atoms with Crippen molar-refractivity contribution in [3.05, 3.63) is 28.2 Å². The van der Waals surface area contributed by atoms with Crippen LogP contribution in [0.15, 0.2) is 22.7 Å². The second-order valence-electron chi connectivity index (χ2n) is 4.22. The van der Waals surface area contributed by atoms with Crippen molar-refractivity contribution >= 4 is 46.1 Å². The van der Waals surface area contributed by atoms with Gasteiger partial charge in [0.15, 0.2) is 0 Å². The molecule has 1 N–H and O–H groups in total. The van der Waals surface area contributed by atoms with E-state index in [1.54, 1.807) is 12.1 Å². The van der Waals surface area contributed by atoms with Gasteiger partial charge in [0.2, 0.25) is 5.91 Å². The first-order chi connectivity index (χ1) is 8.52. The predicted molar refractivity (Wildman–Crippen MR) is 75.4 cm³/mol. The molecule has 4 nitrogen and oxygen atoms in total. The molecule has 0 spiro atoms. The van der Waals surface area contributed by atoms with Crippen molar-refractivity contribution in [2.24, 2.45) is 5.92 Å². The number of amides is 1. The van der Waals surface area contributed by atoms with Crippen molar-refractivity contribution in [1.82, 2.24) is 0 Å². The molecule has 0 bridgehead atoms. The van der Waals surface area contributed by atoms with Gasteiger partial charge in [-0.3, -0.25) is 4.79 Å². The fourth-order valence-corrected chi connectivity index (χ4v) is 2.66. The number of carboxylic acids is 1. The first kappa shape index (κ1) is 13.4. The van der Waals surface area contributed by atoms with Crippen molar-refractivity contribution in [2.45, 2.75) is 6.42 Å². The number of thiol groups is 1. The second kappa shape index (κ2) is 5.32. The Balaban J connectivity index is 2.39. The van der Waals surface area contributed by atoms with Gasteiger partial charge in [-0.2, -0.15) is 12.6 Å². The van der Waals surface area contributed by atoms with E-state index >= 15 is 0 Å². The number of nitrogens with zero attached hydrogens (tertiary/aromatic N) is 1. The molecule has 6 heteroatoms. The number of halogens is 1. The van der Waals surface area contributed by atoms with Crippen molar-refractivity contribution in [2.75, 3.05) is 17.2 Å². The predicted octanol–water partition coefficient (Wildman–Crippen LogP) is 2.43. The maximum absolute atomic E-state index is 11.9. The van der Waals surface area contributed by atoms with Crippen molar-refractivity contribution < 1.29 is 14.7 Å². The third-order valence-electron chi connectivity index (χ3n) is 2.94. The second-order valence-corrected chi connectivity index (χ2v) is 5.50. The number of hydrogen-bond acceptors (Lipinski definition) is 3. The lowest BCUT2D eigenvalue weighted by atomic mass is 10.1. The normalized spacial score (nSPS) is 19.3. The summed E-state index contributed by atoms with van der Waals surface area (Å²) in [5.74, 6) is -0.264. The van der Waals surface area contributed by atoms with Crippen LogP contribution in [0.3, 0.4) is 0 Å². The molecule has 1 amide bonds. The molecule has 0 aliphatic carbocycles. The van der Waals surface area contributed by atoms with Gasteiger partial charge in [0.1, 0.15) is 0 Å². The summed E-state index contributed by atoms with van der Waals surface area (Å²) in [5.41, 5.74) is 0.595. The molecule has 1 fully saturated rings. The molecule has 1 saturated heterocycles. The number of benzene rings is 1. The molecule has 1 atom stereocenters. The van der Waals surface area contributed by atoms with E-state index in [1.807, 2.05) is 0 Å². The molecule has 96 valence electrons. The van der Waals surface area contributed by atoms with E-state index in [1.165, 1.54) is 11.0 Å². The topological polar surface area (TPSA) is 57.6 Å². The molecule has 18 heavy (non-hydrogen) atoms. The molecule has 1 heterocycles. The summed E-state index contributed by atoms with van der Waals surface area (Å²) < 4.78 is 0.682. The lowest BCUT2D eigenvalue weighted by Gasteiger charge is -2.19. The average molecular weight is 330 g/mol. The molecule has 1 aromatic carbocycles. The van der Waals surface area contributed by atoms with Crippen LogP contribution >= 0.6 is 28.6 Å². The van der Waals surface area contributed by atoms with Gasteiger partial charge in [0.25, 0.3) is 0 Å². The number of carboxylic acid groups (broad SMARTS) is 1. The summed E-state index contributed by atoms with van der Waals surface area (Å²) in [6, 6.07) is 4.91. The van der Waals surface area contributed by atoms with Gasteiger partial charge >= 0.3 is 5.97 Å². The van der Waals surface area contributed by atoms with Crippen LogP contribution in [0.25, 0.3) is 0 Å². The maximum atomic E-state index is 11.9. The van der Waals surface area contributed by atoms with E-state index in [4.69, 9.17) is 0 Å². The molecular formula is C12H12BrNO3S. The number of hydrogen-bond donors (Lipinski definition) is 2. The van der Waals surface area contributed by atoms with Gasteiger partial charge < -0.3 is 10.0 Å². The van der Waals surface area contributed by atoms with Gasteiger partial charge in [-0.15, -0.1) is 0 Å². The summed E-state index contributed by atoms with van der Waals surface area (Å²) in [4.78, 5) is 24.6. The number of rotatable bonds is 3. The Labute approximate surface area is 119 Å². The van der Waals surface area contributed by atoms with E-state index in [0.717, 1.165) is 0 Å². The maximum Gasteiger partial charge on any atom is 0.337 e. The lowest BCUT2D eigenvalue weighted by Crippen LogP contribution is -2.26. The Bertz CT molecular complexity index is 506. The molecule has 0 aromatic heterocycles. The third kappa shape index (κ3) is 2.54. The van der Waals surface area contributed by atoms with Crippen LogP contribution in [0.5, 0.6) is 0 Å². The molecule has 0 radical (unpaired) electrons. The molecule has 1 aliphatic rings. The standard InChI is InChI=1S/C12H12BrNO3S/c13-8-1-2-10(9(4-8)12(16)17)14-5-7(6-18)3-11(14)15/h1-2,4,7,18H,3,5-6H2,(H,16,17). The number of aromatic carboxylic acids is 1. The molecular weight excluding hydrogens is 318 g/mol. The number of carbonyl (C=O) groups excluding carboxylic acids is 1. The largest absolute Gasteiger partial charge is 0.478 e. The average Bonchev–Trinajstić information content (AvgIpc) is 2.70. The van der Waals surface area contributed by atoms with Crippen molar-refractivity contribution in [3.8, 4) is 0 Å². The van der Waals surface area contributed by atoms with Crippen molar-refractivity contribution in [3.63, 3.8) is 0 Å². The molecule has 1 unspecified atom stereocenters. The molecule has 1 aromatic rings. The van der Waals surface area contributed by atoms with Crippen LogP contribution in [0.4, 0.5) is 5.69 Å². The SMILES string of the molecule is O=C(O)c1cc(Br)ccc1N1CC(CS)CC1=O. The molecule has 2 rings (SSSR count). The Morgan fingerprint density at radius 2 is 2.28 bits per heavy atom. The first-order valence-corrected chi connectivity index (χ1v) is 6.89. The minimum absolute atomic E-state index is 0.0427. The highest BCUT2D eigenvalue weighted by molar-refractivity contribution is 9.10. The Hall–Kier alpha value is -1.01. The zero-order valence-electron chi connectivity index (χ0n) is 9.47. The summed E-state index contributed by atoms with van der Waals surface area (Å²) in [6.45, 7) is 0.532. The van der Waals surface area contributed by atoms with Crippen LogP contribution in [0.2, 0.25) is 0 Å². The van der Waals surface area contributed by atoms with Crippen LogP contribution in [0.1, 0.15) is 16.8 Å². The minimum Gasteiger partial charge on any atom is -0.478 e. The van der Waals surface area contributed by atoms with E-state index in [-0.39, 0.29) is 17.4 Å². The third-order valence-corrected chi connectivity index (χ3v) is 3.95. The highest BCUT2D eigenvalue weighted by atomic mass is 79.9. The Kier molecular flexibility index (Phi) is 3.97. The van der Waals surface area contributed by atoms with Gasteiger partial charge in [0, 0.05) is 17.4 Å². The Morgan fingerprint density at radius 3 is 2.83 bits per heavy atom. The van der Waals surface area contributed by atoms with Crippen LogP contribution in [0, 0.1) is 5.92 Å². The van der Waals surface area contributed by atoms with Gasteiger partial charge in [0.05, 0.1) is 11.3 Å². The lowest BCUT2D eigenvalue weighted by molar-refractivity contribution is -0.117. The van der Waals surface area contributed by atoms with Gasteiger partial charge in [-0.25, -0.2) is 4.79 Å². The Morgan fingerprint density at radius 1 is 1.56 bits per heavy atom. The van der Waals surface area contributed by atoms with E-state index < -0.39 is 5.97 Å². The van der Waals surface area contributed by atoms with E-state index in [2.05, 4.69) is 28.6 Å². The quantitative estimate of drug-likeness (QED) is 0.837. The van der Waals surface area contributed by atoms with Gasteiger partial charge in [-0.05, 0) is 29.9 Å². The zero-order valence-corrected chi connectivity index (χ0v) is 11.9. The number of carbonyl (C=O) groups is 2. The van der Waals surface area contributed by atoms with Crippen LogP contribution in [-0.4, -0.2) is 29.3 Å². The van der Waals surface area contributed by atoms with Crippen molar-refractivity contribution in [1.29, 1.82) is 0 Å². The minimum atomic E-state index is -1.03. The fraction of sp³-hybridized carbons (Fsp3) is 0.333. The van der Waals surface area contributed by atoms with E-state index in [0.29, 0.717) is 28.9 Å². The first-order valence-electron chi connectivity index (χ1n) is 5.47. The molecule has 0 saturated carbocycles. The summed E-state index contributed by atoms with van der Waals surface area (Å²) in [6.07, 6.45) is 0.429. The van der Waals surface area contributed by atoms with Crippen LogP contribution in [-0.2, 0) is 4.79 Å². The smallest absolute Gasteiger partial charge is 0.337 e. The highest BCUT2D eigenvalue weighted by Crippen LogP contribution is 2.30. The zero-order chi connectivity index (χ0) is 13.3. The summed E-state index contributed by atoms with van der Waals surface area (Å²) >= 11 is 7.42. The summed E-state index contributed by atoms with van der Waals surface area (Å²) in [5, 5.41) is 9.19. The van der Waals surface area contributed by atoms with Gasteiger partial charge in [-0.1, -0.05) is 15.9 Å².